The summed E-state index contributed by atoms with van der Waals surface area (Å²) in [6.07, 6.45) is 0.820. The second kappa shape index (κ2) is 4.85. The van der Waals surface area contributed by atoms with Crippen molar-refractivity contribution in [2.24, 2.45) is 0 Å². The summed E-state index contributed by atoms with van der Waals surface area (Å²) in [7, 11) is 0. The van der Waals surface area contributed by atoms with Crippen LogP contribution < -0.4 is 4.90 Å². The molecule has 0 saturated carbocycles. The Morgan fingerprint density at radius 2 is 1.90 bits per heavy atom. The minimum Gasteiger partial charge on any atom is -0.350 e. The lowest BCUT2D eigenvalue weighted by Gasteiger charge is -2.36. The number of aryl methyl sites for hydroxylation is 3. The fraction of sp³-hybridized carbons (Fsp3) is 0.375. The first-order valence-corrected chi connectivity index (χ1v) is 6.84. The molecule has 0 spiro atoms. The van der Waals surface area contributed by atoms with Crippen molar-refractivity contribution in [3.63, 3.8) is 0 Å². The van der Waals surface area contributed by atoms with E-state index in [1.54, 1.807) is 6.33 Å². The van der Waals surface area contributed by atoms with Crippen molar-refractivity contribution in [2.75, 3.05) is 18.0 Å². The van der Waals surface area contributed by atoms with Gasteiger partial charge in [-0.15, -0.1) is 0 Å². The Labute approximate surface area is 118 Å². The molecule has 3 nitrogen and oxygen atoms in total. The zero-order valence-corrected chi connectivity index (χ0v) is 12.0. The van der Waals surface area contributed by atoms with Crippen LogP contribution in [0.1, 0.15) is 16.8 Å². The number of halogens is 1. The second-order valence-electron chi connectivity index (χ2n) is 5.48. The van der Waals surface area contributed by atoms with Gasteiger partial charge in [-0.1, -0.05) is 23.8 Å². The van der Waals surface area contributed by atoms with E-state index in [9.17, 15) is 4.39 Å². The molecule has 1 aromatic heterocycles. The van der Waals surface area contributed by atoms with E-state index in [1.165, 1.54) is 11.1 Å². The van der Waals surface area contributed by atoms with Gasteiger partial charge in [0.1, 0.15) is 18.3 Å². The predicted molar refractivity (Wildman–Crippen MR) is 78.8 cm³/mol. The van der Waals surface area contributed by atoms with Gasteiger partial charge in [0.2, 0.25) is 0 Å². The van der Waals surface area contributed by atoms with Gasteiger partial charge in [-0.2, -0.15) is 0 Å². The van der Waals surface area contributed by atoms with Gasteiger partial charge in [0, 0.05) is 5.56 Å². The molecule has 0 atom stereocenters. The monoisotopic (exact) mass is 271 g/mol. The molecular formula is C16H18FN3. The van der Waals surface area contributed by atoms with Crippen molar-refractivity contribution < 1.29 is 4.39 Å². The first-order chi connectivity index (χ1) is 9.56. The molecule has 3 rings (SSSR count). The zero-order valence-electron chi connectivity index (χ0n) is 12.0. The largest absolute Gasteiger partial charge is 0.350 e. The fourth-order valence-corrected chi connectivity index (χ4v) is 2.71. The maximum absolute atomic E-state index is 13.1. The highest BCUT2D eigenvalue weighted by molar-refractivity contribution is 5.80. The van der Waals surface area contributed by atoms with Crippen LogP contribution in [0.25, 0.3) is 11.1 Å². The van der Waals surface area contributed by atoms with Crippen LogP contribution in [0, 0.1) is 20.8 Å². The van der Waals surface area contributed by atoms with E-state index in [4.69, 9.17) is 0 Å². The van der Waals surface area contributed by atoms with Crippen molar-refractivity contribution in [3.05, 3.63) is 41.3 Å². The summed E-state index contributed by atoms with van der Waals surface area (Å²) in [4.78, 5) is 10.7. The van der Waals surface area contributed by atoms with Crippen molar-refractivity contribution in [3.8, 4) is 11.1 Å². The molecule has 1 saturated heterocycles. The normalized spacial score (nSPS) is 15.3. The number of hydrogen-bond donors (Lipinski definition) is 0. The third kappa shape index (κ3) is 2.15. The number of hydrogen-bond acceptors (Lipinski definition) is 3. The van der Waals surface area contributed by atoms with Crippen molar-refractivity contribution >= 4 is 5.82 Å². The van der Waals surface area contributed by atoms with E-state index in [0.717, 1.165) is 22.6 Å². The molecule has 0 N–H and O–H groups in total. The Morgan fingerprint density at radius 3 is 2.55 bits per heavy atom. The predicted octanol–water partition coefficient (Wildman–Crippen LogP) is 3.23. The topological polar surface area (TPSA) is 29.0 Å². The standard InChI is InChI=1S/C16H18FN3/c1-10-4-5-14(11(2)6-10)15-12(3)18-9-19-16(15)20-7-13(17)8-20/h4-6,9,13H,7-8H2,1-3H3. The molecule has 1 aliphatic heterocycles. The summed E-state index contributed by atoms with van der Waals surface area (Å²) in [5.41, 5.74) is 5.52. The highest BCUT2D eigenvalue weighted by Gasteiger charge is 2.30. The van der Waals surface area contributed by atoms with Crippen LogP contribution >= 0.6 is 0 Å². The Bertz CT molecular complexity index is 648. The van der Waals surface area contributed by atoms with Gasteiger partial charge in [0.25, 0.3) is 0 Å². The van der Waals surface area contributed by atoms with Crippen molar-refractivity contribution in [2.45, 2.75) is 26.9 Å². The van der Waals surface area contributed by atoms with Gasteiger partial charge in [-0.05, 0) is 31.9 Å². The van der Waals surface area contributed by atoms with Crippen LogP contribution in [-0.4, -0.2) is 29.2 Å². The van der Waals surface area contributed by atoms with Gasteiger partial charge in [0.05, 0.1) is 18.8 Å². The molecule has 2 aromatic rings. The van der Waals surface area contributed by atoms with E-state index in [0.29, 0.717) is 13.1 Å². The highest BCUT2D eigenvalue weighted by Crippen LogP contribution is 2.35. The lowest BCUT2D eigenvalue weighted by Crippen LogP contribution is -2.49. The third-order valence-electron chi connectivity index (χ3n) is 3.80. The summed E-state index contributed by atoms with van der Waals surface area (Å²) in [6.45, 7) is 7.00. The van der Waals surface area contributed by atoms with Crippen LogP contribution in [0.2, 0.25) is 0 Å². The molecule has 1 aliphatic rings. The number of benzene rings is 1. The molecule has 0 radical (unpaired) electrons. The SMILES string of the molecule is Cc1ccc(-c2c(C)ncnc2N2CC(F)C2)c(C)c1. The minimum absolute atomic E-state index is 0.425. The zero-order chi connectivity index (χ0) is 14.3. The van der Waals surface area contributed by atoms with Gasteiger partial charge >= 0.3 is 0 Å². The van der Waals surface area contributed by atoms with E-state index < -0.39 is 6.17 Å². The summed E-state index contributed by atoms with van der Waals surface area (Å²) < 4.78 is 13.1. The Kier molecular flexibility index (Phi) is 3.16. The molecule has 104 valence electrons. The first-order valence-electron chi connectivity index (χ1n) is 6.84. The van der Waals surface area contributed by atoms with E-state index in [2.05, 4.69) is 42.0 Å². The van der Waals surface area contributed by atoms with Crippen LogP contribution in [0.4, 0.5) is 10.2 Å². The highest BCUT2D eigenvalue weighted by atomic mass is 19.1. The average molecular weight is 271 g/mol. The maximum Gasteiger partial charge on any atom is 0.140 e. The van der Waals surface area contributed by atoms with Crippen molar-refractivity contribution in [1.82, 2.24) is 9.97 Å². The van der Waals surface area contributed by atoms with Gasteiger partial charge < -0.3 is 4.90 Å². The minimum atomic E-state index is -0.739. The van der Waals surface area contributed by atoms with Gasteiger partial charge in [-0.25, -0.2) is 14.4 Å². The first kappa shape index (κ1) is 13.0. The van der Waals surface area contributed by atoms with Crippen LogP contribution in [0.15, 0.2) is 24.5 Å². The van der Waals surface area contributed by atoms with E-state index in [-0.39, 0.29) is 0 Å². The molecule has 0 unspecified atom stereocenters. The third-order valence-corrected chi connectivity index (χ3v) is 3.80. The fourth-order valence-electron chi connectivity index (χ4n) is 2.71. The molecule has 0 bridgehead atoms. The van der Waals surface area contributed by atoms with E-state index >= 15 is 0 Å². The average Bonchev–Trinajstić information content (AvgIpc) is 2.36. The van der Waals surface area contributed by atoms with Crippen LogP contribution in [0.5, 0.6) is 0 Å². The number of anilines is 1. The number of aromatic nitrogens is 2. The maximum atomic E-state index is 13.1. The van der Waals surface area contributed by atoms with Crippen LogP contribution in [0.3, 0.4) is 0 Å². The smallest absolute Gasteiger partial charge is 0.140 e. The second-order valence-corrected chi connectivity index (χ2v) is 5.48. The van der Waals surface area contributed by atoms with Crippen LogP contribution in [-0.2, 0) is 0 Å². The molecule has 4 heteroatoms. The Hall–Kier alpha value is -1.97. The number of alkyl halides is 1. The molecule has 20 heavy (non-hydrogen) atoms. The molecule has 1 fully saturated rings. The molecular weight excluding hydrogens is 253 g/mol. The summed E-state index contributed by atoms with van der Waals surface area (Å²) in [5, 5.41) is 0. The molecule has 0 amide bonds. The number of nitrogens with zero attached hydrogens (tertiary/aromatic N) is 3. The summed E-state index contributed by atoms with van der Waals surface area (Å²) >= 11 is 0. The summed E-state index contributed by atoms with van der Waals surface area (Å²) in [5.74, 6) is 0.846. The van der Waals surface area contributed by atoms with Gasteiger partial charge in [-0.3, -0.25) is 0 Å². The molecule has 2 heterocycles. The molecule has 1 aromatic carbocycles. The molecule has 0 aliphatic carbocycles. The van der Waals surface area contributed by atoms with Gasteiger partial charge in [0.15, 0.2) is 0 Å². The Morgan fingerprint density at radius 1 is 1.15 bits per heavy atom. The van der Waals surface area contributed by atoms with E-state index in [1.807, 2.05) is 11.8 Å². The van der Waals surface area contributed by atoms with Crippen molar-refractivity contribution in [1.29, 1.82) is 0 Å². The Balaban J connectivity index is 2.12. The number of rotatable bonds is 2. The lowest BCUT2D eigenvalue weighted by atomic mass is 9.97. The lowest BCUT2D eigenvalue weighted by molar-refractivity contribution is 0.273. The summed E-state index contributed by atoms with van der Waals surface area (Å²) in [6, 6.07) is 6.35. The quantitative estimate of drug-likeness (QED) is 0.839.